The maximum atomic E-state index is 11.3. The molecular weight excluding hydrogens is 244 g/mol. The molecule has 0 unspecified atom stereocenters. The van der Waals surface area contributed by atoms with Crippen LogP contribution in [0.2, 0.25) is 0 Å². The normalized spacial score (nSPS) is 18.4. The lowest BCUT2D eigenvalue weighted by molar-refractivity contribution is 0.427. The van der Waals surface area contributed by atoms with E-state index in [9.17, 15) is 4.79 Å². The highest BCUT2D eigenvalue weighted by atomic mass is 79.9. The summed E-state index contributed by atoms with van der Waals surface area (Å²) >= 11 is 3.15. The van der Waals surface area contributed by atoms with Gasteiger partial charge in [-0.3, -0.25) is 4.79 Å². The van der Waals surface area contributed by atoms with Gasteiger partial charge in [0.05, 0.1) is 0 Å². The topological polar surface area (TPSA) is 45.8 Å². The van der Waals surface area contributed by atoms with Crippen LogP contribution in [0.5, 0.6) is 0 Å². The molecule has 1 aromatic rings. The van der Waals surface area contributed by atoms with Gasteiger partial charge in [-0.05, 0) is 28.8 Å². The lowest BCUT2D eigenvalue weighted by Crippen LogP contribution is -2.16. The molecule has 0 aliphatic heterocycles. The number of halogens is 1. The van der Waals surface area contributed by atoms with E-state index < -0.39 is 0 Å². The average molecular weight is 257 g/mol. The fraction of sp³-hybridized carbons (Fsp3) is 0.600. The fourth-order valence-corrected chi connectivity index (χ4v) is 2.18. The number of aromatic amines is 1. The van der Waals surface area contributed by atoms with Crippen LogP contribution in [0.1, 0.15) is 43.8 Å². The predicted molar refractivity (Wildman–Crippen MR) is 58.4 cm³/mol. The van der Waals surface area contributed by atoms with Crippen LogP contribution in [0.3, 0.4) is 0 Å². The standard InChI is InChI=1S/C10H13BrN2O/c11-8-6-12-9(13-10(8)14)7-4-2-1-3-5-7/h6-7H,1-5H2,(H,12,13,14). The Morgan fingerprint density at radius 1 is 1.36 bits per heavy atom. The molecule has 1 saturated carbocycles. The molecule has 4 heteroatoms. The number of hydrogen-bond donors (Lipinski definition) is 1. The van der Waals surface area contributed by atoms with Crippen LogP contribution in [0.4, 0.5) is 0 Å². The quantitative estimate of drug-likeness (QED) is 0.840. The van der Waals surface area contributed by atoms with Crippen LogP contribution in [0.25, 0.3) is 0 Å². The van der Waals surface area contributed by atoms with Crippen molar-refractivity contribution in [2.45, 2.75) is 38.0 Å². The van der Waals surface area contributed by atoms with E-state index in [1.54, 1.807) is 6.20 Å². The first kappa shape index (κ1) is 9.90. The molecule has 1 heterocycles. The van der Waals surface area contributed by atoms with Gasteiger partial charge in [0.25, 0.3) is 5.56 Å². The molecule has 0 atom stereocenters. The number of H-pyrrole nitrogens is 1. The third-order valence-corrected chi connectivity index (χ3v) is 3.33. The van der Waals surface area contributed by atoms with Crippen LogP contribution < -0.4 is 5.56 Å². The second kappa shape index (κ2) is 4.26. The summed E-state index contributed by atoms with van der Waals surface area (Å²) in [6.45, 7) is 0. The van der Waals surface area contributed by atoms with E-state index in [0.29, 0.717) is 10.4 Å². The lowest BCUT2D eigenvalue weighted by atomic mass is 9.89. The molecule has 1 N–H and O–H groups in total. The van der Waals surface area contributed by atoms with Gasteiger partial charge in [-0.15, -0.1) is 0 Å². The van der Waals surface area contributed by atoms with Crippen molar-refractivity contribution in [1.29, 1.82) is 0 Å². The molecule has 0 amide bonds. The zero-order valence-corrected chi connectivity index (χ0v) is 9.51. The van der Waals surface area contributed by atoms with Crippen LogP contribution in [-0.4, -0.2) is 9.97 Å². The number of rotatable bonds is 1. The Balaban J connectivity index is 2.23. The molecule has 1 fully saturated rings. The molecular formula is C10H13BrN2O. The second-order valence-corrected chi connectivity index (χ2v) is 4.63. The lowest BCUT2D eigenvalue weighted by Gasteiger charge is -2.20. The van der Waals surface area contributed by atoms with E-state index in [0.717, 1.165) is 18.7 Å². The van der Waals surface area contributed by atoms with E-state index in [-0.39, 0.29) is 5.56 Å². The van der Waals surface area contributed by atoms with Crippen molar-refractivity contribution in [2.75, 3.05) is 0 Å². The van der Waals surface area contributed by atoms with Crippen LogP contribution in [-0.2, 0) is 0 Å². The third-order valence-electron chi connectivity index (χ3n) is 2.77. The Morgan fingerprint density at radius 2 is 2.07 bits per heavy atom. The monoisotopic (exact) mass is 256 g/mol. The number of aromatic nitrogens is 2. The van der Waals surface area contributed by atoms with Gasteiger partial charge in [0, 0.05) is 12.1 Å². The summed E-state index contributed by atoms with van der Waals surface area (Å²) in [7, 11) is 0. The molecule has 0 spiro atoms. The molecule has 0 aromatic carbocycles. The number of nitrogens with zero attached hydrogens (tertiary/aromatic N) is 1. The molecule has 0 radical (unpaired) electrons. The molecule has 2 rings (SSSR count). The minimum absolute atomic E-state index is 0.0689. The van der Waals surface area contributed by atoms with Crippen molar-refractivity contribution in [3.63, 3.8) is 0 Å². The van der Waals surface area contributed by atoms with Gasteiger partial charge < -0.3 is 4.98 Å². The molecule has 14 heavy (non-hydrogen) atoms. The van der Waals surface area contributed by atoms with Crippen LogP contribution in [0.15, 0.2) is 15.5 Å². The predicted octanol–water partition coefficient (Wildman–Crippen LogP) is 2.58. The van der Waals surface area contributed by atoms with Crippen molar-refractivity contribution in [3.05, 3.63) is 26.8 Å². The van der Waals surface area contributed by atoms with Crippen LogP contribution >= 0.6 is 15.9 Å². The Morgan fingerprint density at radius 3 is 2.71 bits per heavy atom. The van der Waals surface area contributed by atoms with Gasteiger partial charge in [0.1, 0.15) is 10.3 Å². The SMILES string of the molecule is O=c1[nH]c(C2CCCCC2)ncc1Br. The summed E-state index contributed by atoms with van der Waals surface area (Å²) in [4.78, 5) is 18.4. The van der Waals surface area contributed by atoms with Crippen molar-refractivity contribution >= 4 is 15.9 Å². The zero-order valence-electron chi connectivity index (χ0n) is 7.92. The summed E-state index contributed by atoms with van der Waals surface area (Å²) in [5.41, 5.74) is -0.0689. The number of hydrogen-bond acceptors (Lipinski definition) is 2. The minimum Gasteiger partial charge on any atom is -0.309 e. The highest BCUT2D eigenvalue weighted by Crippen LogP contribution is 2.29. The van der Waals surface area contributed by atoms with Gasteiger partial charge in [-0.2, -0.15) is 0 Å². The largest absolute Gasteiger partial charge is 0.309 e. The highest BCUT2D eigenvalue weighted by molar-refractivity contribution is 9.10. The first-order chi connectivity index (χ1) is 6.77. The Bertz CT molecular complexity index is 369. The zero-order chi connectivity index (χ0) is 9.97. The molecule has 3 nitrogen and oxygen atoms in total. The molecule has 0 saturated heterocycles. The molecule has 1 aliphatic rings. The summed E-state index contributed by atoms with van der Waals surface area (Å²) in [6.07, 6.45) is 7.74. The number of nitrogens with one attached hydrogen (secondary N) is 1. The second-order valence-electron chi connectivity index (χ2n) is 3.78. The fourth-order valence-electron chi connectivity index (χ4n) is 1.98. The van der Waals surface area contributed by atoms with Crippen molar-refractivity contribution in [1.82, 2.24) is 9.97 Å². The minimum atomic E-state index is -0.0689. The molecule has 0 bridgehead atoms. The summed E-state index contributed by atoms with van der Waals surface area (Å²) in [5, 5.41) is 0. The van der Waals surface area contributed by atoms with Crippen molar-refractivity contribution in [3.8, 4) is 0 Å². The first-order valence-electron chi connectivity index (χ1n) is 5.02. The molecule has 1 aromatic heterocycles. The van der Waals surface area contributed by atoms with E-state index >= 15 is 0 Å². The summed E-state index contributed by atoms with van der Waals surface area (Å²) in [5.74, 6) is 1.32. The Hall–Kier alpha value is -0.640. The third kappa shape index (κ3) is 2.05. The molecule has 1 aliphatic carbocycles. The van der Waals surface area contributed by atoms with E-state index in [4.69, 9.17) is 0 Å². The highest BCUT2D eigenvalue weighted by Gasteiger charge is 2.17. The van der Waals surface area contributed by atoms with Gasteiger partial charge in [0.15, 0.2) is 0 Å². The first-order valence-corrected chi connectivity index (χ1v) is 5.81. The van der Waals surface area contributed by atoms with Gasteiger partial charge in [0.2, 0.25) is 0 Å². The summed E-state index contributed by atoms with van der Waals surface area (Å²) < 4.78 is 0.511. The van der Waals surface area contributed by atoms with Crippen molar-refractivity contribution < 1.29 is 0 Å². The average Bonchev–Trinajstić information content (AvgIpc) is 2.23. The Kier molecular flexibility index (Phi) is 3.01. The molecule has 76 valence electrons. The van der Waals surface area contributed by atoms with Gasteiger partial charge >= 0.3 is 0 Å². The van der Waals surface area contributed by atoms with Gasteiger partial charge in [-0.1, -0.05) is 19.3 Å². The maximum absolute atomic E-state index is 11.3. The van der Waals surface area contributed by atoms with Crippen molar-refractivity contribution in [2.24, 2.45) is 0 Å². The Labute approximate surface area is 91.1 Å². The van der Waals surface area contributed by atoms with Crippen LogP contribution in [0, 0.1) is 0 Å². The summed E-state index contributed by atoms with van der Waals surface area (Å²) in [6, 6.07) is 0. The van der Waals surface area contributed by atoms with E-state index in [1.807, 2.05) is 0 Å². The van der Waals surface area contributed by atoms with E-state index in [2.05, 4.69) is 25.9 Å². The smallest absolute Gasteiger partial charge is 0.265 e. The van der Waals surface area contributed by atoms with Gasteiger partial charge in [-0.25, -0.2) is 4.98 Å². The maximum Gasteiger partial charge on any atom is 0.265 e. The van der Waals surface area contributed by atoms with E-state index in [1.165, 1.54) is 19.3 Å².